The number of fused-ring (bicyclic) bond motifs is 3. The zero-order valence-corrected chi connectivity index (χ0v) is 15.6. The Hall–Kier alpha value is -2.04. The third kappa shape index (κ3) is 2.66. The van der Waals surface area contributed by atoms with Crippen LogP contribution in [0.5, 0.6) is 0 Å². The lowest BCUT2D eigenvalue weighted by Crippen LogP contribution is -2.04. The summed E-state index contributed by atoms with van der Waals surface area (Å²) in [5.41, 5.74) is 1.12. The highest BCUT2D eigenvalue weighted by atomic mass is 79.9. The number of pyridine rings is 1. The number of carbonyl (C=O) groups is 1. The molecule has 0 amide bonds. The molecule has 0 spiro atoms. The Morgan fingerprint density at radius 2 is 1.54 bits per heavy atom. The van der Waals surface area contributed by atoms with Crippen LogP contribution < -0.4 is 0 Å². The maximum atomic E-state index is 13.0. The molecule has 0 unspecified atom stereocenters. The fraction of sp³-hybridized carbons (Fsp3) is 0. The SMILES string of the molecule is O=C(c1ccccn1)c1cc2cc(Br)ccc2c2cc(Br)ccc12. The Morgan fingerprint density at radius 1 is 0.792 bits per heavy atom. The Labute approximate surface area is 155 Å². The summed E-state index contributed by atoms with van der Waals surface area (Å²) in [5, 5.41) is 4.12. The van der Waals surface area contributed by atoms with Crippen LogP contribution in [0.3, 0.4) is 0 Å². The van der Waals surface area contributed by atoms with Crippen molar-refractivity contribution in [3.8, 4) is 0 Å². The van der Waals surface area contributed by atoms with Gasteiger partial charge in [0, 0.05) is 20.7 Å². The molecule has 0 aliphatic rings. The zero-order chi connectivity index (χ0) is 16.7. The minimum absolute atomic E-state index is 0.0650. The molecule has 0 atom stereocenters. The van der Waals surface area contributed by atoms with Crippen LogP contribution in [0.15, 0.2) is 75.8 Å². The molecule has 0 bridgehead atoms. The number of hydrogen-bond donors (Lipinski definition) is 0. The first kappa shape index (κ1) is 15.5. The van der Waals surface area contributed by atoms with Gasteiger partial charge in [-0.15, -0.1) is 0 Å². The molecule has 0 radical (unpaired) electrons. The van der Waals surface area contributed by atoms with Crippen LogP contribution in [0.25, 0.3) is 21.5 Å². The van der Waals surface area contributed by atoms with E-state index in [0.29, 0.717) is 11.3 Å². The van der Waals surface area contributed by atoms with Gasteiger partial charge in [0.2, 0.25) is 5.78 Å². The lowest BCUT2D eigenvalue weighted by molar-refractivity contribution is 0.103. The molecule has 1 aromatic heterocycles. The van der Waals surface area contributed by atoms with E-state index in [-0.39, 0.29) is 5.78 Å². The van der Waals surface area contributed by atoms with Crippen molar-refractivity contribution in [2.24, 2.45) is 0 Å². The highest BCUT2D eigenvalue weighted by Gasteiger charge is 2.16. The third-order valence-electron chi connectivity index (χ3n) is 4.02. The maximum Gasteiger partial charge on any atom is 0.211 e. The third-order valence-corrected chi connectivity index (χ3v) is 5.00. The molecule has 0 fully saturated rings. The van der Waals surface area contributed by atoms with Crippen molar-refractivity contribution in [1.29, 1.82) is 0 Å². The Morgan fingerprint density at radius 3 is 2.29 bits per heavy atom. The molecule has 0 saturated heterocycles. The van der Waals surface area contributed by atoms with E-state index in [0.717, 1.165) is 30.5 Å². The summed E-state index contributed by atoms with van der Waals surface area (Å²) in [7, 11) is 0. The molecule has 0 saturated carbocycles. The van der Waals surface area contributed by atoms with E-state index in [4.69, 9.17) is 0 Å². The predicted molar refractivity (Wildman–Crippen MR) is 105 cm³/mol. The fourth-order valence-electron chi connectivity index (χ4n) is 2.93. The van der Waals surface area contributed by atoms with Crippen molar-refractivity contribution >= 4 is 59.2 Å². The molecule has 4 aromatic rings. The first-order valence-electron chi connectivity index (χ1n) is 7.41. The molecule has 116 valence electrons. The largest absolute Gasteiger partial charge is 0.287 e. The number of aromatic nitrogens is 1. The zero-order valence-electron chi connectivity index (χ0n) is 12.5. The molecular formula is C20H11Br2NO. The van der Waals surface area contributed by atoms with Crippen molar-refractivity contribution in [3.63, 3.8) is 0 Å². The summed E-state index contributed by atoms with van der Waals surface area (Å²) in [4.78, 5) is 17.2. The van der Waals surface area contributed by atoms with Gasteiger partial charge in [0.15, 0.2) is 0 Å². The molecule has 2 nitrogen and oxygen atoms in total. The number of benzene rings is 3. The summed E-state index contributed by atoms with van der Waals surface area (Å²) in [6.07, 6.45) is 1.64. The molecular weight excluding hydrogens is 430 g/mol. The van der Waals surface area contributed by atoms with E-state index in [1.54, 1.807) is 12.3 Å². The molecule has 4 rings (SSSR count). The predicted octanol–water partition coefficient (Wildman–Crippen LogP) is 6.14. The van der Waals surface area contributed by atoms with Gasteiger partial charge in [-0.1, -0.05) is 50.1 Å². The summed E-state index contributed by atoms with van der Waals surface area (Å²) < 4.78 is 1.97. The van der Waals surface area contributed by atoms with E-state index in [2.05, 4.69) is 49.0 Å². The summed E-state index contributed by atoms with van der Waals surface area (Å²) >= 11 is 7.04. The average Bonchev–Trinajstić information content (AvgIpc) is 2.60. The van der Waals surface area contributed by atoms with Crippen molar-refractivity contribution < 1.29 is 4.79 Å². The highest BCUT2D eigenvalue weighted by molar-refractivity contribution is 9.10. The minimum Gasteiger partial charge on any atom is -0.287 e. The molecule has 0 aliphatic heterocycles. The van der Waals surface area contributed by atoms with Crippen molar-refractivity contribution in [2.75, 3.05) is 0 Å². The van der Waals surface area contributed by atoms with Crippen LogP contribution >= 0.6 is 31.9 Å². The highest BCUT2D eigenvalue weighted by Crippen LogP contribution is 2.33. The van der Waals surface area contributed by atoms with E-state index < -0.39 is 0 Å². The summed E-state index contributed by atoms with van der Waals surface area (Å²) in [5.74, 6) is -0.0650. The normalized spacial score (nSPS) is 11.1. The van der Waals surface area contributed by atoms with Crippen molar-refractivity contribution in [1.82, 2.24) is 4.98 Å². The van der Waals surface area contributed by atoms with E-state index in [9.17, 15) is 4.79 Å². The van der Waals surface area contributed by atoms with Crippen molar-refractivity contribution in [3.05, 3.63) is 87.1 Å². The molecule has 0 N–H and O–H groups in total. The van der Waals surface area contributed by atoms with Gasteiger partial charge in [-0.05, 0) is 64.0 Å². The number of rotatable bonds is 2. The molecule has 24 heavy (non-hydrogen) atoms. The van der Waals surface area contributed by atoms with Gasteiger partial charge in [0.05, 0.1) is 0 Å². The second-order valence-electron chi connectivity index (χ2n) is 5.52. The standard InChI is InChI=1S/C20H11Br2NO/c21-13-4-6-15-12(9-13)10-18(16-7-5-14(22)11-17(15)16)20(24)19-3-1-2-8-23-19/h1-11H. The monoisotopic (exact) mass is 439 g/mol. The molecule has 1 heterocycles. The van der Waals surface area contributed by atoms with E-state index >= 15 is 0 Å². The Bertz CT molecular complexity index is 1090. The summed E-state index contributed by atoms with van der Waals surface area (Å²) in [6, 6.07) is 19.5. The number of halogens is 2. The van der Waals surface area contributed by atoms with Crippen LogP contribution in [-0.4, -0.2) is 10.8 Å². The van der Waals surface area contributed by atoms with Gasteiger partial charge in [0.25, 0.3) is 0 Å². The quantitative estimate of drug-likeness (QED) is 0.276. The number of carbonyl (C=O) groups excluding carboxylic acids is 1. The van der Waals surface area contributed by atoms with Crippen molar-refractivity contribution in [2.45, 2.75) is 0 Å². The van der Waals surface area contributed by atoms with Crippen LogP contribution in [0, 0.1) is 0 Å². The Balaban J connectivity index is 2.08. The second kappa shape index (κ2) is 6.11. The van der Waals surface area contributed by atoms with Crippen LogP contribution in [0.4, 0.5) is 0 Å². The first-order chi connectivity index (χ1) is 11.6. The summed E-state index contributed by atoms with van der Waals surface area (Å²) in [6.45, 7) is 0. The minimum atomic E-state index is -0.0650. The first-order valence-corrected chi connectivity index (χ1v) is 8.99. The van der Waals surface area contributed by atoms with Gasteiger partial charge >= 0.3 is 0 Å². The molecule has 4 heteroatoms. The number of ketones is 1. The van der Waals surface area contributed by atoms with Gasteiger partial charge in [-0.2, -0.15) is 0 Å². The Kier molecular flexibility index (Phi) is 3.94. The van der Waals surface area contributed by atoms with Crippen LogP contribution in [0.2, 0.25) is 0 Å². The van der Waals surface area contributed by atoms with Crippen LogP contribution in [-0.2, 0) is 0 Å². The van der Waals surface area contributed by atoms with Gasteiger partial charge in [-0.3, -0.25) is 9.78 Å². The molecule has 3 aromatic carbocycles. The smallest absolute Gasteiger partial charge is 0.211 e. The molecule has 0 aliphatic carbocycles. The van der Waals surface area contributed by atoms with E-state index in [1.165, 1.54) is 0 Å². The van der Waals surface area contributed by atoms with Gasteiger partial charge in [-0.25, -0.2) is 0 Å². The van der Waals surface area contributed by atoms with Crippen LogP contribution in [0.1, 0.15) is 16.1 Å². The topological polar surface area (TPSA) is 30.0 Å². The van der Waals surface area contributed by atoms with E-state index in [1.807, 2.05) is 42.5 Å². The maximum absolute atomic E-state index is 13.0. The van der Waals surface area contributed by atoms with Gasteiger partial charge < -0.3 is 0 Å². The fourth-order valence-corrected chi connectivity index (χ4v) is 3.67. The lowest BCUT2D eigenvalue weighted by Gasteiger charge is -2.11. The number of nitrogens with zero attached hydrogens (tertiary/aromatic N) is 1. The van der Waals surface area contributed by atoms with Gasteiger partial charge in [0.1, 0.15) is 5.69 Å². The second-order valence-corrected chi connectivity index (χ2v) is 7.35. The average molecular weight is 441 g/mol. The lowest BCUT2D eigenvalue weighted by atomic mass is 9.94. The number of hydrogen-bond acceptors (Lipinski definition) is 2.